The molecule has 0 aliphatic carbocycles. The van der Waals surface area contributed by atoms with Crippen molar-refractivity contribution in [3.63, 3.8) is 0 Å². The van der Waals surface area contributed by atoms with Crippen LogP contribution in [-0.2, 0) is 4.74 Å². The van der Waals surface area contributed by atoms with E-state index in [2.05, 4.69) is 12.2 Å². The van der Waals surface area contributed by atoms with E-state index in [0.717, 1.165) is 19.7 Å². The van der Waals surface area contributed by atoms with E-state index >= 15 is 0 Å². The molecule has 0 unspecified atom stereocenters. The summed E-state index contributed by atoms with van der Waals surface area (Å²) in [6, 6.07) is 0. The van der Waals surface area contributed by atoms with Gasteiger partial charge in [-0.05, 0) is 6.42 Å². The lowest BCUT2D eigenvalue weighted by Crippen LogP contribution is -2.48. The van der Waals surface area contributed by atoms with Crippen LogP contribution in [0.1, 0.15) is 32.6 Å². The van der Waals surface area contributed by atoms with Gasteiger partial charge in [0.25, 0.3) is 0 Å². The van der Waals surface area contributed by atoms with Gasteiger partial charge in [-0.15, -0.1) is 0 Å². The maximum atomic E-state index is 5.56. The number of hydrogen-bond acceptors (Lipinski definition) is 2. The van der Waals surface area contributed by atoms with Crippen LogP contribution in [0.5, 0.6) is 0 Å². The highest BCUT2D eigenvalue weighted by Crippen LogP contribution is 2.02. The summed E-state index contributed by atoms with van der Waals surface area (Å²) in [6.45, 7) is 5.32. The third-order valence-corrected chi connectivity index (χ3v) is 2.10. The van der Waals surface area contributed by atoms with Crippen molar-refractivity contribution < 1.29 is 4.74 Å². The first-order valence-electron chi connectivity index (χ1n) is 4.76. The Labute approximate surface area is 69.3 Å². The Balaban J connectivity index is 1.73. The molecule has 0 amide bonds. The minimum atomic E-state index is 0.525. The molecule has 1 aliphatic heterocycles. The van der Waals surface area contributed by atoms with Gasteiger partial charge in [0.1, 0.15) is 0 Å². The monoisotopic (exact) mass is 157 g/mol. The van der Waals surface area contributed by atoms with Crippen LogP contribution in [0.25, 0.3) is 0 Å². The Bertz CT molecular complexity index is 91.6. The van der Waals surface area contributed by atoms with Gasteiger partial charge < -0.3 is 10.1 Å². The molecule has 1 rings (SSSR count). The lowest BCUT2D eigenvalue weighted by atomic mass is 10.2. The van der Waals surface area contributed by atoms with Crippen LogP contribution in [0.15, 0.2) is 0 Å². The summed E-state index contributed by atoms with van der Waals surface area (Å²) in [6.07, 6.45) is 5.76. The lowest BCUT2D eigenvalue weighted by molar-refractivity contribution is 0.0170. The molecule has 1 saturated heterocycles. The number of hydrogen-bond donors (Lipinski definition) is 1. The van der Waals surface area contributed by atoms with Gasteiger partial charge in [0.2, 0.25) is 0 Å². The molecule has 66 valence electrons. The number of unbranched alkanes of at least 4 members (excludes halogenated alkanes) is 3. The normalized spacial score (nSPS) is 18.3. The van der Waals surface area contributed by atoms with E-state index in [1.165, 1.54) is 25.7 Å². The van der Waals surface area contributed by atoms with Gasteiger partial charge in [-0.3, -0.25) is 0 Å². The van der Waals surface area contributed by atoms with Crippen molar-refractivity contribution in [2.75, 3.05) is 19.7 Å². The van der Waals surface area contributed by atoms with Gasteiger partial charge in [0, 0.05) is 19.7 Å². The first-order chi connectivity index (χ1) is 5.43. The quantitative estimate of drug-likeness (QED) is 0.591. The molecular weight excluding hydrogens is 138 g/mol. The maximum absolute atomic E-state index is 5.56. The van der Waals surface area contributed by atoms with Gasteiger partial charge in [0.05, 0.1) is 6.10 Å². The van der Waals surface area contributed by atoms with Gasteiger partial charge in [-0.1, -0.05) is 26.2 Å². The number of ether oxygens (including phenoxy) is 1. The third-order valence-electron chi connectivity index (χ3n) is 2.10. The summed E-state index contributed by atoms with van der Waals surface area (Å²) in [5.74, 6) is 0. The van der Waals surface area contributed by atoms with Crippen molar-refractivity contribution in [1.82, 2.24) is 5.32 Å². The molecule has 11 heavy (non-hydrogen) atoms. The lowest BCUT2D eigenvalue weighted by Gasteiger charge is -2.27. The topological polar surface area (TPSA) is 21.3 Å². The van der Waals surface area contributed by atoms with Crippen LogP contribution < -0.4 is 5.32 Å². The average Bonchev–Trinajstić information content (AvgIpc) is 1.93. The zero-order valence-corrected chi connectivity index (χ0v) is 7.44. The van der Waals surface area contributed by atoms with Crippen molar-refractivity contribution in [3.05, 3.63) is 0 Å². The SMILES string of the molecule is CCCCCCOC1CNC1. The predicted molar refractivity (Wildman–Crippen MR) is 46.8 cm³/mol. The average molecular weight is 157 g/mol. The highest BCUT2D eigenvalue weighted by Gasteiger charge is 2.15. The molecule has 0 bridgehead atoms. The summed E-state index contributed by atoms with van der Waals surface area (Å²) in [7, 11) is 0. The second-order valence-corrected chi connectivity index (χ2v) is 3.21. The van der Waals surface area contributed by atoms with Crippen molar-refractivity contribution in [1.29, 1.82) is 0 Å². The molecule has 1 aliphatic rings. The van der Waals surface area contributed by atoms with E-state index in [4.69, 9.17) is 4.74 Å². The molecule has 0 aromatic carbocycles. The second kappa shape index (κ2) is 5.56. The summed E-state index contributed by atoms with van der Waals surface area (Å²) < 4.78 is 5.56. The summed E-state index contributed by atoms with van der Waals surface area (Å²) >= 11 is 0. The largest absolute Gasteiger partial charge is 0.376 e. The van der Waals surface area contributed by atoms with E-state index < -0.39 is 0 Å². The first-order valence-corrected chi connectivity index (χ1v) is 4.76. The summed E-state index contributed by atoms with van der Waals surface area (Å²) in [4.78, 5) is 0. The fourth-order valence-corrected chi connectivity index (χ4v) is 1.16. The van der Waals surface area contributed by atoms with E-state index in [0.29, 0.717) is 6.10 Å². The first kappa shape index (κ1) is 9.01. The molecule has 1 fully saturated rings. The number of rotatable bonds is 6. The Hall–Kier alpha value is -0.0800. The molecule has 1 N–H and O–H groups in total. The van der Waals surface area contributed by atoms with Crippen LogP contribution in [-0.4, -0.2) is 25.8 Å². The minimum Gasteiger partial charge on any atom is -0.376 e. The second-order valence-electron chi connectivity index (χ2n) is 3.21. The van der Waals surface area contributed by atoms with Crippen molar-refractivity contribution >= 4 is 0 Å². The third kappa shape index (κ3) is 3.73. The van der Waals surface area contributed by atoms with E-state index in [1.54, 1.807) is 0 Å². The fraction of sp³-hybridized carbons (Fsp3) is 1.00. The van der Waals surface area contributed by atoms with Crippen LogP contribution in [0, 0.1) is 0 Å². The van der Waals surface area contributed by atoms with E-state index in [-0.39, 0.29) is 0 Å². The molecule has 2 heteroatoms. The smallest absolute Gasteiger partial charge is 0.0823 e. The Morgan fingerprint density at radius 3 is 2.64 bits per heavy atom. The molecule has 1 heterocycles. The fourth-order valence-electron chi connectivity index (χ4n) is 1.16. The van der Waals surface area contributed by atoms with Gasteiger partial charge in [-0.25, -0.2) is 0 Å². The molecule has 0 aromatic rings. The molecule has 0 aromatic heterocycles. The van der Waals surface area contributed by atoms with Crippen molar-refractivity contribution in [2.24, 2.45) is 0 Å². The van der Waals surface area contributed by atoms with E-state index in [9.17, 15) is 0 Å². The van der Waals surface area contributed by atoms with Gasteiger partial charge >= 0.3 is 0 Å². The van der Waals surface area contributed by atoms with Crippen LogP contribution in [0.2, 0.25) is 0 Å². The minimum absolute atomic E-state index is 0.525. The zero-order valence-electron chi connectivity index (χ0n) is 7.44. The maximum Gasteiger partial charge on any atom is 0.0823 e. The number of nitrogens with one attached hydrogen (secondary N) is 1. The molecule has 2 nitrogen and oxygen atoms in total. The summed E-state index contributed by atoms with van der Waals surface area (Å²) in [5.41, 5.74) is 0. The van der Waals surface area contributed by atoms with Crippen LogP contribution in [0.3, 0.4) is 0 Å². The Kier molecular flexibility index (Phi) is 4.55. The highest BCUT2D eigenvalue weighted by molar-refractivity contribution is 4.74. The van der Waals surface area contributed by atoms with Crippen LogP contribution >= 0.6 is 0 Å². The molecule has 0 spiro atoms. The highest BCUT2D eigenvalue weighted by atomic mass is 16.5. The molecule has 0 atom stereocenters. The predicted octanol–water partition coefficient (Wildman–Crippen LogP) is 1.56. The van der Waals surface area contributed by atoms with Gasteiger partial charge in [0.15, 0.2) is 0 Å². The Morgan fingerprint density at radius 2 is 2.09 bits per heavy atom. The standard InChI is InChI=1S/C9H19NO/c1-2-3-4-5-6-11-9-7-10-8-9/h9-10H,2-8H2,1H3. The van der Waals surface area contributed by atoms with Gasteiger partial charge in [-0.2, -0.15) is 0 Å². The Morgan fingerprint density at radius 1 is 1.27 bits per heavy atom. The molecule has 0 radical (unpaired) electrons. The van der Waals surface area contributed by atoms with Crippen LogP contribution in [0.4, 0.5) is 0 Å². The van der Waals surface area contributed by atoms with Crippen molar-refractivity contribution in [3.8, 4) is 0 Å². The van der Waals surface area contributed by atoms with E-state index in [1.807, 2.05) is 0 Å². The zero-order chi connectivity index (χ0) is 7.94. The molecular formula is C9H19NO. The molecule has 0 saturated carbocycles. The van der Waals surface area contributed by atoms with Crippen molar-refractivity contribution in [2.45, 2.75) is 38.7 Å². The summed E-state index contributed by atoms with van der Waals surface area (Å²) in [5, 5.41) is 3.19.